The van der Waals surface area contributed by atoms with Crippen LogP contribution in [0.4, 0.5) is 5.69 Å². The van der Waals surface area contributed by atoms with Crippen molar-refractivity contribution in [2.24, 2.45) is 0 Å². The lowest BCUT2D eigenvalue weighted by atomic mass is 10.3. The van der Waals surface area contributed by atoms with E-state index in [1.807, 2.05) is 25.1 Å². The zero-order chi connectivity index (χ0) is 14.4. The van der Waals surface area contributed by atoms with Gasteiger partial charge < -0.3 is 10.5 Å². The minimum atomic E-state index is -0.161. The zero-order valence-electron chi connectivity index (χ0n) is 11.3. The predicted molar refractivity (Wildman–Crippen MR) is 80.2 cm³/mol. The molecule has 0 aliphatic heterocycles. The quantitative estimate of drug-likeness (QED) is 0.461. The van der Waals surface area contributed by atoms with Crippen LogP contribution in [0.2, 0.25) is 0 Å². The Morgan fingerprint density at radius 1 is 1.50 bits per heavy atom. The van der Waals surface area contributed by atoms with Gasteiger partial charge >= 0.3 is 5.69 Å². The number of thioether (sulfide) groups is 1. The number of nitrogens with one attached hydrogen (secondary N) is 1. The molecule has 0 unspecified atom stereocenters. The second-order valence-electron chi connectivity index (χ2n) is 4.23. The maximum absolute atomic E-state index is 11.5. The van der Waals surface area contributed by atoms with Crippen LogP contribution >= 0.6 is 11.8 Å². The van der Waals surface area contributed by atoms with Crippen molar-refractivity contribution in [1.82, 2.24) is 14.8 Å². The van der Waals surface area contributed by atoms with Gasteiger partial charge in [-0.25, -0.2) is 9.89 Å². The molecule has 7 heteroatoms. The number of H-pyrrole nitrogens is 1. The van der Waals surface area contributed by atoms with E-state index in [9.17, 15) is 4.79 Å². The molecular weight excluding hydrogens is 276 g/mol. The van der Waals surface area contributed by atoms with Crippen molar-refractivity contribution >= 4 is 17.4 Å². The summed E-state index contributed by atoms with van der Waals surface area (Å²) in [5.41, 5.74) is 6.19. The first kappa shape index (κ1) is 14.5. The van der Waals surface area contributed by atoms with Gasteiger partial charge in [0.2, 0.25) is 0 Å². The van der Waals surface area contributed by atoms with Gasteiger partial charge in [-0.05, 0) is 18.6 Å². The summed E-state index contributed by atoms with van der Waals surface area (Å²) in [5, 5.41) is 7.18. The van der Waals surface area contributed by atoms with E-state index in [1.165, 1.54) is 11.8 Å². The van der Waals surface area contributed by atoms with Gasteiger partial charge in [0.05, 0.1) is 6.61 Å². The summed E-state index contributed by atoms with van der Waals surface area (Å²) in [5.74, 6) is 1.46. The summed E-state index contributed by atoms with van der Waals surface area (Å²) >= 11 is 1.50. The monoisotopic (exact) mass is 294 g/mol. The summed E-state index contributed by atoms with van der Waals surface area (Å²) in [6, 6.07) is 7.31. The summed E-state index contributed by atoms with van der Waals surface area (Å²) < 4.78 is 7.23. The number of aromatic nitrogens is 3. The Hall–Kier alpha value is -1.89. The number of benzene rings is 1. The van der Waals surface area contributed by atoms with E-state index in [0.717, 1.165) is 12.2 Å². The number of nitrogens with two attached hydrogens (primary N) is 1. The van der Waals surface area contributed by atoms with Crippen LogP contribution in [0, 0.1) is 0 Å². The maximum Gasteiger partial charge on any atom is 0.343 e. The molecule has 0 aliphatic carbocycles. The van der Waals surface area contributed by atoms with Gasteiger partial charge in [-0.2, -0.15) is 0 Å². The van der Waals surface area contributed by atoms with Crippen molar-refractivity contribution in [3.8, 4) is 5.75 Å². The number of aromatic amines is 1. The highest BCUT2D eigenvalue weighted by Crippen LogP contribution is 2.17. The molecule has 1 aromatic carbocycles. The molecule has 0 aliphatic rings. The van der Waals surface area contributed by atoms with Crippen molar-refractivity contribution in [2.45, 2.75) is 25.0 Å². The third kappa shape index (κ3) is 3.80. The lowest BCUT2D eigenvalue weighted by Gasteiger charge is -2.07. The molecular formula is C13H18N4O2S. The van der Waals surface area contributed by atoms with Crippen molar-refractivity contribution in [3.63, 3.8) is 0 Å². The molecule has 2 rings (SSSR count). The van der Waals surface area contributed by atoms with Crippen LogP contribution < -0.4 is 16.2 Å². The lowest BCUT2D eigenvalue weighted by molar-refractivity contribution is 0.344. The van der Waals surface area contributed by atoms with Crippen molar-refractivity contribution in [1.29, 1.82) is 0 Å². The molecule has 20 heavy (non-hydrogen) atoms. The molecule has 0 fully saturated rings. The lowest BCUT2D eigenvalue weighted by Crippen LogP contribution is -2.17. The molecule has 3 N–H and O–H groups in total. The summed E-state index contributed by atoms with van der Waals surface area (Å²) in [6.45, 7) is 3.23. The van der Waals surface area contributed by atoms with Crippen LogP contribution in [0.3, 0.4) is 0 Å². The molecule has 0 spiro atoms. The Morgan fingerprint density at radius 2 is 2.35 bits per heavy atom. The molecule has 0 radical (unpaired) electrons. The maximum atomic E-state index is 11.5. The van der Waals surface area contributed by atoms with Crippen LogP contribution in [0.5, 0.6) is 5.75 Å². The van der Waals surface area contributed by atoms with E-state index < -0.39 is 0 Å². The Morgan fingerprint density at radius 3 is 3.10 bits per heavy atom. The normalized spacial score (nSPS) is 10.7. The molecule has 6 nitrogen and oxygen atoms in total. The number of ether oxygens (including phenoxy) is 1. The first-order valence-corrected chi connectivity index (χ1v) is 7.45. The number of hydrogen-bond acceptors (Lipinski definition) is 5. The van der Waals surface area contributed by atoms with E-state index in [2.05, 4.69) is 10.2 Å². The highest BCUT2D eigenvalue weighted by Gasteiger charge is 2.07. The van der Waals surface area contributed by atoms with Gasteiger partial charge in [0.1, 0.15) is 5.75 Å². The van der Waals surface area contributed by atoms with Crippen molar-refractivity contribution in [3.05, 3.63) is 34.7 Å². The minimum absolute atomic E-state index is 0.161. The largest absolute Gasteiger partial charge is 0.493 e. The Balaban J connectivity index is 1.83. The number of anilines is 1. The van der Waals surface area contributed by atoms with Gasteiger partial charge in [-0.1, -0.05) is 24.8 Å². The first-order chi connectivity index (χ1) is 9.70. The number of hydrogen-bond donors (Lipinski definition) is 2. The van der Waals surface area contributed by atoms with Crippen LogP contribution in [0.1, 0.15) is 13.3 Å². The van der Waals surface area contributed by atoms with Gasteiger partial charge in [-0.15, -0.1) is 5.10 Å². The van der Waals surface area contributed by atoms with Crippen LogP contribution in [0.15, 0.2) is 34.2 Å². The predicted octanol–water partition coefficient (Wildman–Crippen LogP) is 1.73. The first-order valence-electron chi connectivity index (χ1n) is 6.47. The van der Waals surface area contributed by atoms with Gasteiger partial charge in [0, 0.05) is 24.1 Å². The summed E-state index contributed by atoms with van der Waals surface area (Å²) in [7, 11) is 0. The van der Waals surface area contributed by atoms with Gasteiger partial charge in [0.25, 0.3) is 0 Å². The van der Waals surface area contributed by atoms with Crippen molar-refractivity contribution < 1.29 is 4.74 Å². The molecule has 0 amide bonds. The molecule has 1 heterocycles. The second-order valence-corrected chi connectivity index (χ2v) is 5.29. The van der Waals surface area contributed by atoms with Crippen molar-refractivity contribution in [2.75, 3.05) is 18.1 Å². The average molecular weight is 294 g/mol. The van der Waals surface area contributed by atoms with E-state index in [4.69, 9.17) is 10.5 Å². The fourth-order valence-electron chi connectivity index (χ4n) is 1.73. The second kappa shape index (κ2) is 7.04. The van der Waals surface area contributed by atoms with E-state index in [0.29, 0.717) is 29.7 Å². The molecule has 108 valence electrons. The van der Waals surface area contributed by atoms with Gasteiger partial charge in [0.15, 0.2) is 5.16 Å². The summed E-state index contributed by atoms with van der Waals surface area (Å²) in [6.07, 6.45) is 0.896. The molecule has 2 aromatic rings. The molecule has 0 atom stereocenters. The smallest absolute Gasteiger partial charge is 0.343 e. The van der Waals surface area contributed by atoms with E-state index in [-0.39, 0.29) is 5.69 Å². The molecule has 1 aromatic heterocycles. The number of nitrogens with zero attached hydrogens (tertiary/aromatic N) is 2. The highest BCUT2D eigenvalue weighted by atomic mass is 32.2. The van der Waals surface area contributed by atoms with Crippen LogP contribution in [-0.4, -0.2) is 27.1 Å². The highest BCUT2D eigenvalue weighted by molar-refractivity contribution is 7.99. The average Bonchev–Trinajstić information content (AvgIpc) is 2.77. The Labute approximate surface area is 121 Å². The Bertz CT molecular complexity index is 608. The third-order valence-electron chi connectivity index (χ3n) is 2.61. The summed E-state index contributed by atoms with van der Waals surface area (Å²) in [4.78, 5) is 11.5. The molecule has 0 saturated heterocycles. The van der Waals surface area contributed by atoms with Gasteiger partial charge in [-0.3, -0.25) is 4.57 Å². The van der Waals surface area contributed by atoms with E-state index in [1.54, 1.807) is 10.6 Å². The Kier molecular flexibility index (Phi) is 5.11. The fraction of sp³-hybridized carbons (Fsp3) is 0.385. The standard InChI is InChI=1S/C13H18N4O2S/c1-2-6-17-12(18)15-16-13(17)20-8-7-19-11-5-3-4-10(14)9-11/h3-5,9H,2,6-8,14H2,1H3,(H,15,18). The molecule has 0 bridgehead atoms. The number of rotatable bonds is 7. The van der Waals surface area contributed by atoms with Crippen LogP contribution in [-0.2, 0) is 6.54 Å². The SMILES string of the molecule is CCCn1c(SCCOc2cccc(N)c2)n[nH]c1=O. The minimum Gasteiger partial charge on any atom is -0.493 e. The third-order valence-corrected chi connectivity index (χ3v) is 3.55. The fourth-order valence-corrected chi connectivity index (χ4v) is 2.52. The zero-order valence-corrected chi connectivity index (χ0v) is 12.2. The molecule has 0 saturated carbocycles. The number of nitrogen functional groups attached to an aromatic ring is 1. The van der Waals surface area contributed by atoms with Crippen LogP contribution in [0.25, 0.3) is 0 Å². The topological polar surface area (TPSA) is 85.9 Å². The van der Waals surface area contributed by atoms with E-state index >= 15 is 0 Å².